The summed E-state index contributed by atoms with van der Waals surface area (Å²) in [6.07, 6.45) is 1.80. The molecule has 2 saturated heterocycles. The van der Waals surface area contributed by atoms with Gasteiger partial charge in [0.25, 0.3) is 0 Å². The van der Waals surface area contributed by atoms with E-state index < -0.39 is 0 Å². The van der Waals surface area contributed by atoms with Crippen LogP contribution in [0.5, 0.6) is 5.75 Å². The van der Waals surface area contributed by atoms with Crippen LogP contribution in [0.15, 0.2) is 42.5 Å². The van der Waals surface area contributed by atoms with Gasteiger partial charge in [0.2, 0.25) is 5.91 Å². The second-order valence-electron chi connectivity index (χ2n) is 6.58. The molecule has 2 aromatic carbocycles. The fourth-order valence-electron chi connectivity index (χ4n) is 3.92. The van der Waals surface area contributed by atoms with Gasteiger partial charge in [0.05, 0.1) is 22.7 Å². The van der Waals surface area contributed by atoms with Crippen molar-refractivity contribution in [1.29, 1.82) is 0 Å². The van der Waals surface area contributed by atoms with E-state index >= 15 is 0 Å². The fourth-order valence-corrected chi connectivity index (χ4v) is 4.22. The molecule has 2 aliphatic rings. The third-order valence-electron chi connectivity index (χ3n) is 5.05. The molecule has 2 atom stereocenters. The number of anilines is 1. The van der Waals surface area contributed by atoms with E-state index in [0.29, 0.717) is 16.7 Å². The maximum absolute atomic E-state index is 13.1. The number of carbonyl (C=O) groups is 1. The number of ether oxygens (including phenoxy) is 1. The molecular formula is C20H20Cl2N2O2. The molecule has 2 aromatic rings. The second kappa shape index (κ2) is 7.10. The van der Waals surface area contributed by atoms with E-state index in [1.165, 1.54) is 0 Å². The Kier molecular flexibility index (Phi) is 4.82. The summed E-state index contributed by atoms with van der Waals surface area (Å²) in [4.78, 5) is 17.2. The minimum Gasteiger partial charge on any atom is -0.494 e. The molecule has 0 spiro atoms. The van der Waals surface area contributed by atoms with Crippen LogP contribution in [0.4, 0.5) is 5.69 Å². The van der Waals surface area contributed by atoms with Gasteiger partial charge in [-0.3, -0.25) is 14.6 Å². The summed E-state index contributed by atoms with van der Waals surface area (Å²) >= 11 is 12.3. The van der Waals surface area contributed by atoms with E-state index in [2.05, 4.69) is 4.90 Å². The van der Waals surface area contributed by atoms with Crippen molar-refractivity contribution in [3.8, 4) is 5.75 Å². The van der Waals surface area contributed by atoms with Gasteiger partial charge in [0.15, 0.2) is 0 Å². The van der Waals surface area contributed by atoms with Crippen LogP contribution in [0.2, 0.25) is 10.0 Å². The molecule has 136 valence electrons. The molecule has 2 heterocycles. The Labute approximate surface area is 163 Å². The van der Waals surface area contributed by atoms with Gasteiger partial charge in [-0.05, 0) is 55.7 Å². The Bertz CT molecular complexity index is 825. The van der Waals surface area contributed by atoms with Crippen molar-refractivity contribution >= 4 is 34.8 Å². The molecule has 4 nitrogen and oxygen atoms in total. The Morgan fingerprint density at radius 2 is 1.88 bits per heavy atom. The van der Waals surface area contributed by atoms with Gasteiger partial charge >= 0.3 is 0 Å². The van der Waals surface area contributed by atoms with E-state index in [1.54, 1.807) is 12.1 Å². The minimum atomic E-state index is -0.136. The summed E-state index contributed by atoms with van der Waals surface area (Å²) < 4.78 is 5.55. The Balaban J connectivity index is 1.75. The van der Waals surface area contributed by atoms with Gasteiger partial charge < -0.3 is 4.74 Å². The zero-order valence-corrected chi connectivity index (χ0v) is 16.0. The molecule has 2 unspecified atom stereocenters. The molecule has 0 aromatic heterocycles. The van der Waals surface area contributed by atoms with Crippen molar-refractivity contribution in [3.63, 3.8) is 0 Å². The van der Waals surface area contributed by atoms with Crippen LogP contribution in [-0.4, -0.2) is 30.0 Å². The predicted octanol–water partition coefficient (Wildman–Crippen LogP) is 4.90. The molecule has 0 N–H and O–H groups in total. The number of fused-ring (bicyclic) bond motifs is 1. The highest BCUT2D eigenvalue weighted by atomic mass is 35.5. The highest BCUT2D eigenvalue weighted by Gasteiger charge is 2.49. The summed E-state index contributed by atoms with van der Waals surface area (Å²) in [5, 5.41) is 0.939. The monoisotopic (exact) mass is 390 g/mol. The van der Waals surface area contributed by atoms with Crippen LogP contribution in [0.1, 0.15) is 31.5 Å². The summed E-state index contributed by atoms with van der Waals surface area (Å²) in [6, 6.07) is 13.3. The number of nitrogens with zero attached hydrogens (tertiary/aromatic N) is 2. The highest BCUT2D eigenvalue weighted by Crippen LogP contribution is 2.43. The molecule has 26 heavy (non-hydrogen) atoms. The van der Waals surface area contributed by atoms with Crippen LogP contribution in [0.3, 0.4) is 0 Å². The molecule has 2 aliphatic heterocycles. The highest BCUT2D eigenvalue weighted by molar-refractivity contribution is 6.42. The Hall–Kier alpha value is -1.75. The molecule has 6 heteroatoms. The van der Waals surface area contributed by atoms with Crippen LogP contribution in [0, 0.1) is 0 Å². The first-order valence-electron chi connectivity index (χ1n) is 8.87. The predicted molar refractivity (Wildman–Crippen MR) is 104 cm³/mol. The lowest BCUT2D eigenvalue weighted by Gasteiger charge is -2.30. The van der Waals surface area contributed by atoms with Crippen molar-refractivity contribution in [2.24, 2.45) is 0 Å². The van der Waals surface area contributed by atoms with Crippen molar-refractivity contribution < 1.29 is 9.53 Å². The van der Waals surface area contributed by atoms with E-state index in [0.717, 1.165) is 36.4 Å². The van der Waals surface area contributed by atoms with Crippen molar-refractivity contribution in [1.82, 2.24) is 4.90 Å². The van der Waals surface area contributed by atoms with Crippen LogP contribution < -0.4 is 9.64 Å². The van der Waals surface area contributed by atoms with Gasteiger partial charge in [0.1, 0.15) is 11.9 Å². The lowest BCUT2D eigenvalue weighted by molar-refractivity contribution is -0.119. The molecule has 0 saturated carbocycles. The second-order valence-corrected chi connectivity index (χ2v) is 7.39. The maximum Gasteiger partial charge on any atom is 0.246 e. The lowest BCUT2D eigenvalue weighted by atomic mass is 10.1. The third-order valence-corrected chi connectivity index (χ3v) is 5.79. The van der Waals surface area contributed by atoms with Crippen molar-refractivity contribution in [2.45, 2.75) is 32.0 Å². The Morgan fingerprint density at radius 3 is 2.58 bits per heavy atom. The van der Waals surface area contributed by atoms with Gasteiger partial charge in [-0.25, -0.2) is 0 Å². The number of amides is 1. The first kappa shape index (κ1) is 17.7. The molecule has 2 fully saturated rings. The zero-order valence-electron chi connectivity index (χ0n) is 14.5. The number of benzene rings is 2. The van der Waals surface area contributed by atoms with Crippen LogP contribution >= 0.6 is 23.2 Å². The molecule has 0 aliphatic carbocycles. The molecule has 0 bridgehead atoms. The summed E-state index contributed by atoms with van der Waals surface area (Å²) in [6.45, 7) is 3.50. The van der Waals surface area contributed by atoms with Gasteiger partial charge in [-0.15, -0.1) is 0 Å². The summed E-state index contributed by atoms with van der Waals surface area (Å²) in [5.74, 6) is 0.958. The SMILES string of the molecule is CCOc1ccc(C2N(c3ccc(Cl)c(Cl)c3)C(=O)C3CCCN32)cc1. The minimum absolute atomic E-state index is 0.0685. The average molecular weight is 391 g/mol. The average Bonchev–Trinajstić information content (AvgIpc) is 3.21. The molecule has 4 rings (SSSR count). The lowest BCUT2D eigenvalue weighted by Crippen LogP contribution is -2.32. The molecule has 0 radical (unpaired) electrons. The quantitative estimate of drug-likeness (QED) is 0.743. The number of rotatable bonds is 4. The normalized spacial score (nSPS) is 22.7. The fraction of sp³-hybridized carbons (Fsp3) is 0.350. The van der Waals surface area contributed by atoms with Crippen LogP contribution in [-0.2, 0) is 4.79 Å². The van der Waals surface area contributed by atoms with Gasteiger partial charge in [-0.2, -0.15) is 0 Å². The maximum atomic E-state index is 13.1. The number of hydrogen-bond donors (Lipinski definition) is 0. The molecular weight excluding hydrogens is 371 g/mol. The van der Waals surface area contributed by atoms with Gasteiger partial charge in [-0.1, -0.05) is 35.3 Å². The third kappa shape index (κ3) is 2.96. The number of hydrogen-bond acceptors (Lipinski definition) is 3. The molecule has 1 amide bonds. The number of carbonyl (C=O) groups excluding carboxylic acids is 1. The van der Waals surface area contributed by atoms with E-state index in [1.807, 2.05) is 42.2 Å². The first-order chi connectivity index (χ1) is 12.6. The standard InChI is InChI=1S/C20H20Cl2N2O2/c1-2-26-15-8-5-13(6-9-15)19-23-11-3-4-18(23)20(25)24(19)14-7-10-16(21)17(22)12-14/h5-10,12,18-19H,2-4,11H2,1H3. The summed E-state index contributed by atoms with van der Waals surface area (Å²) in [5.41, 5.74) is 1.84. The van der Waals surface area contributed by atoms with Crippen molar-refractivity contribution in [2.75, 3.05) is 18.1 Å². The van der Waals surface area contributed by atoms with E-state index in [9.17, 15) is 4.79 Å². The first-order valence-corrected chi connectivity index (χ1v) is 9.62. The largest absolute Gasteiger partial charge is 0.494 e. The van der Waals surface area contributed by atoms with Crippen molar-refractivity contribution in [3.05, 3.63) is 58.1 Å². The van der Waals surface area contributed by atoms with E-state index in [4.69, 9.17) is 27.9 Å². The number of halogens is 2. The topological polar surface area (TPSA) is 32.8 Å². The smallest absolute Gasteiger partial charge is 0.246 e. The van der Waals surface area contributed by atoms with E-state index in [-0.39, 0.29) is 18.1 Å². The zero-order chi connectivity index (χ0) is 18.3. The van der Waals surface area contributed by atoms with Crippen LogP contribution in [0.25, 0.3) is 0 Å². The summed E-state index contributed by atoms with van der Waals surface area (Å²) in [7, 11) is 0. The Morgan fingerprint density at radius 1 is 1.12 bits per heavy atom. The van der Waals surface area contributed by atoms with Gasteiger partial charge in [0, 0.05) is 12.2 Å².